The maximum atomic E-state index is 9.07. The van der Waals surface area contributed by atoms with Gasteiger partial charge in [0, 0.05) is 23.4 Å². The minimum absolute atomic E-state index is 0.225. The number of nitrogens with one attached hydrogen (secondary N) is 1. The van der Waals surface area contributed by atoms with Crippen LogP contribution in [0.15, 0.2) is 17.5 Å². The summed E-state index contributed by atoms with van der Waals surface area (Å²) < 4.78 is 0. The Kier molecular flexibility index (Phi) is 2.67. The van der Waals surface area contributed by atoms with Gasteiger partial charge in [0.05, 0.1) is 0 Å². The zero-order chi connectivity index (χ0) is 9.15. The molecule has 0 saturated carbocycles. The first kappa shape index (κ1) is 9.19. The van der Waals surface area contributed by atoms with E-state index in [2.05, 4.69) is 22.8 Å². The summed E-state index contributed by atoms with van der Waals surface area (Å²) in [5.74, 6) is 0. The van der Waals surface area contributed by atoms with E-state index in [-0.39, 0.29) is 5.41 Å². The molecule has 0 bridgehead atoms. The summed E-state index contributed by atoms with van der Waals surface area (Å²) in [6.45, 7) is 2.39. The van der Waals surface area contributed by atoms with Gasteiger partial charge in [-0.1, -0.05) is 6.07 Å². The first-order valence-electron chi connectivity index (χ1n) is 4.73. The first-order valence-corrected chi connectivity index (χ1v) is 5.61. The van der Waals surface area contributed by atoms with Crippen LogP contribution in [-0.4, -0.2) is 24.8 Å². The third-order valence-corrected chi connectivity index (χ3v) is 3.99. The lowest BCUT2D eigenvalue weighted by atomic mass is 9.82. The average Bonchev–Trinajstić information content (AvgIpc) is 2.73. The molecule has 0 spiro atoms. The van der Waals surface area contributed by atoms with Crippen LogP contribution in [0, 0.1) is 0 Å². The molecular formula is C10H15NOS. The second-order valence-corrected chi connectivity index (χ2v) is 4.61. The number of thiophene rings is 1. The molecule has 1 saturated heterocycles. The lowest BCUT2D eigenvalue weighted by Gasteiger charge is -2.25. The minimum atomic E-state index is 0.225. The summed E-state index contributed by atoms with van der Waals surface area (Å²) in [6.07, 6.45) is 2.05. The maximum Gasteiger partial charge on any atom is 0.0440 e. The summed E-state index contributed by atoms with van der Waals surface area (Å²) >= 11 is 1.81. The van der Waals surface area contributed by atoms with E-state index < -0.39 is 0 Å². The lowest BCUT2D eigenvalue weighted by Crippen LogP contribution is -2.29. The van der Waals surface area contributed by atoms with Gasteiger partial charge in [0.2, 0.25) is 0 Å². The Morgan fingerprint density at radius 1 is 1.62 bits per heavy atom. The van der Waals surface area contributed by atoms with E-state index in [1.807, 2.05) is 11.3 Å². The van der Waals surface area contributed by atoms with Crippen molar-refractivity contribution in [1.29, 1.82) is 0 Å². The van der Waals surface area contributed by atoms with Gasteiger partial charge in [0.25, 0.3) is 0 Å². The SMILES string of the molecule is OCCC1(c2cccs2)CCNC1. The highest BCUT2D eigenvalue weighted by molar-refractivity contribution is 7.10. The topological polar surface area (TPSA) is 32.3 Å². The number of aliphatic hydroxyl groups is 1. The van der Waals surface area contributed by atoms with Crippen LogP contribution >= 0.6 is 11.3 Å². The summed E-state index contributed by atoms with van der Waals surface area (Å²) in [6, 6.07) is 4.28. The van der Waals surface area contributed by atoms with Crippen LogP contribution in [0.4, 0.5) is 0 Å². The molecule has 1 aliphatic heterocycles. The molecule has 1 aromatic heterocycles. The zero-order valence-electron chi connectivity index (χ0n) is 7.62. The van der Waals surface area contributed by atoms with Gasteiger partial charge in [-0.15, -0.1) is 11.3 Å². The van der Waals surface area contributed by atoms with E-state index in [1.165, 1.54) is 4.88 Å². The molecule has 2 nitrogen and oxygen atoms in total. The molecule has 0 aliphatic carbocycles. The number of hydrogen-bond acceptors (Lipinski definition) is 3. The standard InChI is InChI=1S/C10H15NOS/c12-6-4-10(3-5-11-8-10)9-2-1-7-13-9/h1-2,7,11-12H,3-6,8H2. The zero-order valence-corrected chi connectivity index (χ0v) is 8.44. The summed E-state index contributed by atoms with van der Waals surface area (Å²) in [7, 11) is 0. The number of aliphatic hydroxyl groups excluding tert-OH is 1. The van der Waals surface area contributed by atoms with Gasteiger partial charge < -0.3 is 10.4 Å². The third kappa shape index (κ3) is 1.64. The molecule has 3 heteroatoms. The molecule has 0 radical (unpaired) electrons. The lowest BCUT2D eigenvalue weighted by molar-refractivity contribution is 0.245. The molecule has 2 rings (SSSR count). The normalized spacial score (nSPS) is 28.1. The molecule has 1 aromatic rings. The van der Waals surface area contributed by atoms with E-state index in [0.717, 1.165) is 25.9 Å². The van der Waals surface area contributed by atoms with Gasteiger partial charge in [0.15, 0.2) is 0 Å². The monoisotopic (exact) mass is 197 g/mol. The van der Waals surface area contributed by atoms with Crippen LogP contribution in [0.2, 0.25) is 0 Å². The van der Waals surface area contributed by atoms with Gasteiger partial charge in [0.1, 0.15) is 0 Å². The van der Waals surface area contributed by atoms with Crippen LogP contribution in [-0.2, 0) is 5.41 Å². The Bertz CT molecular complexity index is 252. The van der Waals surface area contributed by atoms with Gasteiger partial charge in [-0.2, -0.15) is 0 Å². The van der Waals surface area contributed by atoms with Gasteiger partial charge >= 0.3 is 0 Å². The van der Waals surface area contributed by atoms with E-state index in [0.29, 0.717) is 6.61 Å². The molecule has 0 aromatic carbocycles. The quantitative estimate of drug-likeness (QED) is 0.767. The summed E-state index contributed by atoms with van der Waals surface area (Å²) in [4.78, 5) is 1.42. The Balaban J connectivity index is 2.22. The van der Waals surface area contributed by atoms with Crippen LogP contribution < -0.4 is 5.32 Å². The summed E-state index contributed by atoms with van der Waals surface area (Å²) in [5.41, 5.74) is 0.225. The Hall–Kier alpha value is -0.380. The average molecular weight is 197 g/mol. The van der Waals surface area contributed by atoms with Crippen molar-refractivity contribution in [2.75, 3.05) is 19.7 Å². The van der Waals surface area contributed by atoms with Crippen molar-refractivity contribution >= 4 is 11.3 Å². The molecule has 1 aliphatic rings. The first-order chi connectivity index (χ1) is 6.37. The van der Waals surface area contributed by atoms with E-state index in [4.69, 9.17) is 5.11 Å². The molecular weight excluding hydrogens is 182 g/mol. The van der Waals surface area contributed by atoms with Crippen molar-refractivity contribution in [3.8, 4) is 0 Å². The molecule has 2 N–H and O–H groups in total. The molecule has 2 heterocycles. The molecule has 1 unspecified atom stereocenters. The van der Waals surface area contributed by atoms with Gasteiger partial charge in [-0.3, -0.25) is 0 Å². The number of hydrogen-bond donors (Lipinski definition) is 2. The summed E-state index contributed by atoms with van der Waals surface area (Å²) in [5, 5.41) is 14.6. The van der Waals surface area contributed by atoms with E-state index in [9.17, 15) is 0 Å². The van der Waals surface area contributed by atoms with Crippen LogP contribution in [0.3, 0.4) is 0 Å². The van der Waals surface area contributed by atoms with Gasteiger partial charge in [-0.25, -0.2) is 0 Å². The van der Waals surface area contributed by atoms with Crippen molar-refractivity contribution in [2.45, 2.75) is 18.3 Å². The Morgan fingerprint density at radius 3 is 3.08 bits per heavy atom. The predicted molar refractivity (Wildman–Crippen MR) is 55.2 cm³/mol. The molecule has 0 amide bonds. The second-order valence-electron chi connectivity index (χ2n) is 3.66. The fourth-order valence-electron chi connectivity index (χ4n) is 2.08. The Labute approximate surface area is 82.6 Å². The fourth-order valence-corrected chi connectivity index (χ4v) is 3.07. The van der Waals surface area contributed by atoms with E-state index >= 15 is 0 Å². The highest BCUT2D eigenvalue weighted by atomic mass is 32.1. The maximum absolute atomic E-state index is 9.07. The minimum Gasteiger partial charge on any atom is -0.396 e. The highest BCUT2D eigenvalue weighted by Crippen LogP contribution is 2.36. The molecule has 13 heavy (non-hydrogen) atoms. The predicted octanol–water partition coefficient (Wildman–Crippen LogP) is 1.36. The third-order valence-electron chi connectivity index (χ3n) is 2.88. The van der Waals surface area contributed by atoms with Crippen molar-refractivity contribution in [3.05, 3.63) is 22.4 Å². The van der Waals surface area contributed by atoms with Crippen molar-refractivity contribution in [2.24, 2.45) is 0 Å². The van der Waals surface area contributed by atoms with Crippen molar-refractivity contribution < 1.29 is 5.11 Å². The fraction of sp³-hybridized carbons (Fsp3) is 0.600. The Morgan fingerprint density at radius 2 is 2.54 bits per heavy atom. The smallest absolute Gasteiger partial charge is 0.0440 e. The highest BCUT2D eigenvalue weighted by Gasteiger charge is 2.35. The number of rotatable bonds is 3. The van der Waals surface area contributed by atoms with E-state index in [1.54, 1.807) is 0 Å². The van der Waals surface area contributed by atoms with Crippen LogP contribution in [0.1, 0.15) is 17.7 Å². The molecule has 1 fully saturated rings. The van der Waals surface area contributed by atoms with Crippen LogP contribution in [0.5, 0.6) is 0 Å². The van der Waals surface area contributed by atoms with Crippen molar-refractivity contribution in [3.63, 3.8) is 0 Å². The van der Waals surface area contributed by atoms with Crippen molar-refractivity contribution in [1.82, 2.24) is 5.32 Å². The largest absolute Gasteiger partial charge is 0.396 e. The van der Waals surface area contributed by atoms with Crippen LogP contribution in [0.25, 0.3) is 0 Å². The molecule has 72 valence electrons. The molecule has 1 atom stereocenters. The second kappa shape index (κ2) is 3.78. The van der Waals surface area contributed by atoms with Gasteiger partial charge in [-0.05, 0) is 30.8 Å².